The van der Waals surface area contributed by atoms with Gasteiger partial charge in [-0.3, -0.25) is 4.79 Å². The topological polar surface area (TPSA) is 81.9 Å². The Kier molecular flexibility index (Phi) is 7.00. The molecule has 2 aromatic carbocycles. The van der Waals surface area contributed by atoms with Crippen LogP contribution in [0.4, 0.5) is 16.5 Å². The Morgan fingerprint density at radius 1 is 1.18 bits per heavy atom. The maximum atomic E-state index is 12.7. The Labute approximate surface area is 172 Å². The van der Waals surface area contributed by atoms with Crippen LogP contribution >= 0.6 is 23.1 Å². The van der Waals surface area contributed by atoms with Crippen molar-refractivity contribution < 1.29 is 4.79 Å². The molecule has 6 nitrogen and oxygen atoms in total. The largest absolute Gasteiger partial charge is 0.330 e. The first-order chi connectivity index (χ1) is 13.7. The van der Waals surface area contributed by atoms with E-state index in [0.29, 0.717) is 11.7 Å². The van der Waals surface area contributed by atoms with Crippen molar-refractivity contribution in [1.29, 1.82) is 5.26 Å². The van der Waals surface area contributed by atoms with Crippen molar-refractivity contribution in [3.8, 4) is 6.07 Å². The SMILES string of the molecule is Cc1ccccc1Nc1nnc(SCC(=O)N(CCC#N)c2ccccc2)s1. The molecule has 0 aliphatic carbocycles. The molecular formula is C20H19N5OS2. The number of aromatic nitrogens is 2. The number of carbonyl (C=O) groups is 1. The minimum atomic E-state index is -0.0601. The number of benzene rings is 2. The van der Waals surface area contributed by atoms with Gasteiger partial charge in [0.1, 0.15) is 0 Å². The number of nitriles is 1. The molecule has 0 fully saturated rings. The van der Waals surface area contributed by atoms with Crippen LogP contribution < -0.4 is 10.2 Å². The number of hydrogen-bond acceptors (Lipinski definition) is 7. The zero-order valence-corrected chi connectivity index (χ0v) is 17.0. The van der Waals surface area contributed by atoms with E-state index in [9.17, 15) is 4.79 Å². The lowest BCUT2D eigenvalue weighted by atomic mass is 10.2. The van der Waals surface area contributed by atoms with Gasteiger partial charge in [0.15, 0.2) is 4.34 Å². The number of aryl methyl sites for hydroxylation is 1. The second-order valence-corrected chi connectivity index (χ2v) is 8.09. The van der Waals surface area contributed by atoms with Gasteiger partial charge in [0.25, 0.3) is 0 Å². The Morgan fingerprint density at radius 2 is 1.93 bits per heavy atom. The number of anilines is 3. The summed E-state index contributed by atoms with van der Waals surface area (Å²) in [7, 11) is 0. The lowest BCUT2D eigenvalue weighted by Crippen LogP contribution is -2.33. The van der Waals surface area contributed by atoms with Crippen molar-refractivity contribution in [3.63, 3.8) is 0 Å². The monoisotopic (exact) mass is 409 g/mol. The van der Waals surface area contributed by atoms with Gasteiger partial charge in [0.2, 0.25) is 11.0 Å². The molecule has 3 aromatic rings. The zero-order chi connectivity index (χ0) is 19.8. The van der Waals surface area contributed by atoms with Crippen LogP contribution in [0.3, 0.4) is 0 Å². The number of carbonyl (C=O) groups excluding carboxylic acids is 1. The highest BCUT2D eigenvalue weighted by atomic mass is 32.2. The molecule has 0 bridgehead atoms. The number of nitrogens with one attached hydrogen (secondary N) is 1. The van der Waals surface area contributed by atoms with Crippen molar-refractivity contribution >= 4 is 45.5 Å². The number of nitrogens with zero attached hydrogens (tertiary/aromatic N) is 4. The van der Waals surface area contributed by atoms with E-state index in [1.807, 2.05) is 61.5 Å². The highest BCUT2D eigenvalue weighted by Crippen LogP contribution is 2.29. The zero-order valence-electron chi connectivity index (χ0n) is 15.3. The molecular weight excluding hydrogens is 390 g/mol. The maximum Gasteiger partial charge on any atom is 0.237 e. The molecule has 0 saturated heterocycles. The van der Waals surface area contributed by atoms with Crippen molar-refractivity contribution in [3.05, 3.63) is 60.2 Å². The first-order valence-electron chi connectivity index (χ1n) is 8.68. The van der Waals surface area contributed by atoms with Crippen LogP contribution in [0.15, 0.2) is 58.9 Å². The van der Waals surface area contributed by atoms with Crippen molar-refractivity contribution in [2.24, 2.45) is 0 Å². The molecule has 0 radical (unpaired) electrons. The lowest BCUT2D eigenvalue weighted by Gasteiger charge is -2.21. The second kappa shape index (κ2) is 9.88. The predicted octanol–water partition coefficient (Wildman–Crippen LogP) is 4.63. The molecule has 28 heavy (non-hydrogen) atoms. The van der Waals surface area contributed by atoms with E-state index in [4.69, 9.17) is 5.26 Å². The van der Waals surface area contributed by atoms with E-state index in [-0.39, 0.29) is 18.1 Å². The molecule has 3 rings (SSSR count). The van der Waals surface area contributed by atoms with Gasteiger partial charge in [0.05, 0.1) is 18.2 Å². The summed E-state index contributed by atoms with van der Waals surface area (Å²) < 4.78 is 0.720. The van der Waals surface area contributed by atoms with Crippen LogP contribution in [0.1, 0.15) is 12.0 Å². The van der Waals surface area contributed by atoms with Crippen LogP contribution in [0, 0.1) is 18.3 Å². The van der Waals surface area contributed by atoms with Crippen molar-refractivity contribution in [2.75, 3.05) is 22.5 Å². The van der Waals surface area contributed by atoms with Crippen LogP contribution in [0.2, 0.25) is 0 Å². The lowest BCUT2D eigenvalue weighted by molar-refractivity contribution is -0.116. The number of rotatable bonds is 8. The summed E-state index contributed by atoms with van der Waals surface area (Å²) in [6.45, 7) is 2.40. The standard InChI is InChI=1S/C20H19N5OS2/c1-15-8-5-6-11-17(15)22-19-23-24-20(28-19)27-14-18(26)25(13-7-12-21)16-9-3-2-4-10-16/h2-6,8-11H,7,13-14H2,1H3,(H,22,23). The van der Waals surface area contributed by atoms with Gasteiger partial charge in [-0.15, -0.1) is 10.2 Å². The molecule has 0 saturated carbocycles. The number of para-hydroxylation sites is 2. The maximum absolute atomic E-state index is 12.7. The smallest absolute Gasteiger partial charge is 0.237 e. The van der Waals surface area contributed by atoms with E-state index >= 15 is 0 Å². The van der Waals surface area contributed by atoms with Gasteiger partial charge in [-0.25, -0.2) is 0 Å². The molecule has 0 aliphatic rings. The second-order valence-electron chi connectivity index (χ2n) is 5.89. The van der Waals surface area contributed by atoms with E-state index in [1.165, 1.54) is 23.1 Å². The van der Waals surface area contributed by atoms with Gasteiger partial charge in [-0.1, -0.05) is 59.5 Å². The normalized spacial score (nSPS) is 10.3. The third-order valence-corrected chi connectivity index (χ3v) is 5.89. The Hall–Kier alpha value is -2.89. The molecule has 1 amide bonds. The van der Waals surface area contributed by atoms with E-state index in [1.54, 1.807) is 4.90 Å². The summed E-state index contributed by atoms with van der Waals surface area (Å²) in [5.74, 6) is 0.175. The molecule has 0 unspecified atom stereocenters. The summed E-state index contributed by atoms with van der Waals surface area (Å²) in [4.78, 5) is 14.3. The van der Waals surface area contributed by atoms with E-state index in [2.05, 4.69) is 21.6 Å². The number of amides is 1. The molecule has 0 spiro atoms. The molecule has 0 aliphatic heterocycles. The summed E-state index contributed by atoms with van der Waals surface area (Å²) in [6, 6.07) is 19.5. The minimum absolute atomic E-state index is 0.0601. The van der Waals surface area contributed by atoms with Crippen molar-refractivity contribution in [1.82, 2.24) is 10.2 Å². The van der Waals surface area contributed by atoms with E-state index < -0.39 is 0 Å². The van der Waals surface area contributed by atoms with Crippen LogP contribution in [0.25, 0.3) is 0 Å². The van der Waals surface area contributed by atoms with Crippen LogP contribution in [-0.2, 0) is 4.79 Å². The van der Waals surface area contributed by atoms with Gasteiger partial charge in [0, 0.05) is 17.9 Å². The van der Waals surface area contributed by atoms with Gasteiger partial charge in [-0.05, 0) is 30.7 Å². The van der Waals surface area contributed by atoms with E-state index in [0.717, 1.165) is 21.3 Å². The Bertz CT molecular complexity index is 968. The number of hydrogen-bond donors (Lipinski definition) is 1. The van der Waals surface area contributed by atoms with Crippen LogP contribution in [-0.4, -0.2) is 28.4 Å². The minimum Gasteiger partial charge on any atom is -0.330 e. The highest BCUT2D eigenvalue weighted by molar-refractivity contribution is 8.01. The average molecular weight is 410 g/mol. The average Bonchev–Trinajstić information content (AvgIpc) is 3.17. The molecule has 0 atom stereocenters. The molecule has 8 heteroatoms. The quantitative estimate of drug-likeness (QED) is 0.546. The number of thioether (sulfide) groups is 1. The first-order valence-corrected chi connectivity index (χ1v) is 10.5. The van der Waals surface area contributed by atoms with Gasteiger partial charge >= 0.3 is 0 Å². The first kappa shape index (κ1) is 19.9. The summed E-state index contributed by atoms with van der Waals surface area (Å²) in [5, 5.41) is 21.1. The summed E-state index contributed by atoms with van der Waals surface area (Å²) in [5.41, 5.74) is 2.90. The third kappa shape index (κ3) is 5.31. The summed E-state index contributed by atoms with van der Waals surface area (Å²) in [6.07, 6.45) is 0.286. The molecule has 142 valence electrons. The molecule has 1 aromatic heterocycles. The summed E-state index contributed by atoms with van der Waals surface area (Å²) >= 11 is 2.76. The Morgan fingerprint density at radius 3 is 2.68 bits per heavy atom. The fourth-order valence-electron chi connectivity index (χ4n) is 2.52. The van der Waals surface area contributed by atoms with Crippen LogP contribution in [0.5, 0.6) is 0 Å². The fraction of sp³-hybridized carbons (Fsp3) is 0.200. The molecule has 1 heterocycles. The third-order valence-electron chi connectivity index (χ3n) is 3.93. The predicted molar refractivity (Wildman–Crippen MR) is 114 cm³/mol. The van der Waals surface area contributed by atoms with Gasteiger partial charge in [-0.2, -0.15) is 5.26 Å². The van der Waals surface area contributed by atoms with Crippen molar-refractivity contribution in [2.45, 2.75) is 17.7 Å². The van der Waals surface area contributed by atoms with Gasteiger partial charge < -0.3 is 10.2 Å². The fourth-order valence-corrected chi connectivity index (χ4v) is 4.16. The Balaban J connectivity index is 1.61. The highest BCUT2D eigenvalue weighted by Gasteiger charge is 2.17. The molecule has 1 N–H and O–H groups in total.